The lowest BCUT2D eigenvalue weighted by Crippen LogP contribution is -2.23. The van der Waals surface area contributed by atoms with Crippen molar-refractivity contribution in [1.82, 2.24) is 9.97 Å². The second kappa shape index (κ2) is 22.5. The van der Waals surface area contributed by atoms with Gasteiger partial charge < -0.3 is 26.7 Å². The Morgan fingerprint density at radius 1 is 0.436 bits per heavy atom. The molecular weight excluding hydrogens is 774 g/mol. The van der Waals surface area contributed by atoms with Crippen molar-refractivity contribution in [2.75, 3.05) is 36.0 Å². The molecule has 0 saturated carbocycles. The molecule has 288 valence electrons. The third-order valence-corrected chi connectivity index (χ3v) is 8.67. The van der Waals surface area contributed by atoms with E-state index in [2.05, 4.69) is 92.6 Å². The van der Waals surface area contributed by atoms with E-state index in [1.165, 1.54) is 0 Å². The Labute approximate surface area is 347 Å². The minimum Gasteiger partial charge on any atom is -0.412 e. The highest BCUT2D eigenvalue weighted by Crippen LogP contribution is 2.40. The van der Waals surface area contributed by atoms with E-state index in [1.807, 2.05) is 73.1 Å². The van der Waals surface area contributed by atoms with E-state index in [0.29, 0.717) is 13.1 Å². The molecule has 0 fully saturated rings. The molecular formula is C42H46Cl4N8O. The Morgan fingerprint density at radius 2 is 0.800 bits per heavy atom. The summed E-state index contributed by atoms with van der Waals surface area (Å²) in [6, 6.07) is 45.3. The van der Waals surface area contributed by atoms with Gasteiger partial charge in [-0.05, 0) is 62.3 Å². The number of benzene rings is 4. The maximum absolute atomic E-state index is 5.77. The molecule has 0 bridgehead atoms. The number of para-hydroxylation sites is 2. The number of rotatable bonds is 8. The smallest absolute Gasteiger partial charge is 0.159 e. The molecule has 0 radical (unpaired) electrons. The molecule has 0 atom stereocenters. The molecule has 13 heteroatoms. The second-order valence-corrected chi connectivity index (χ2v) is 12.0. The number of anilines is 4. The number of pyridine rings is 2. The van der Waals surface area contributed by atoms with Crippen molar-refractivity contribution in [2.45, 2.75) is 12.8 Å². The summed E-state index contributed by atoms with van der Waals surface area (Å²) in [5.74, 6) is 1.77. The first-order chi connectivity index (χ1) is 24.8. The van der Waals surface area contributed by atoms with E-state index in [0.717, 1.165) is 94.0 Å². The molecule has 2 aliphatic heterocycles. The fourth-order valence-corrected chi connectivity index (χ4v) is 6.36. The maximum atomic E-state index is 5.77. The van der Waals surface area contributed by atoms with Gasteiger partial charge in [-0.15, -0.1) is 49.6 Å². The van der Waals surface area contributed by atoms with E-state index in [9.17, 15) is 0 Å². The fraction of sp³-hybridized carbons (Fsp3) is 0.143. The first-order valence-corrected chi connectivity index (χ1v) is 17.1. The molecule has 6 N–H and O–H groups in total. The summed E-state index contributed by atoms with van der Waals surface area (Å²) in [6.45, 7) is 2.92. The van der Waals surface area contributed by atoms with E-state index in [-0.39, 0.29) is 55.1 Å². The van der Waals surface area contributed by atoms with Crippen molar-refractivity contribution in [3.63, 3.8) is 0 Å². The molecule has 4 aromatic carbocycles. The van der Waals surface area contributed by atoms with Crippen molar-refractivity contribution in [1.29, 1.82) is 0 Å². The van der Waals surface area contributed by atoms with E-state index >= 15 is 0 Å². The van der Waals surface area contributed by atoms with E-state index in [1.54, 1.807) is 0 Å². The van der Waals surface area contributed by atoms with Crippen LogP contribution in [0, 0.1) is 0 Å². The van der Waals surface area contributed by atoms with Gasteiger partial charge >= 0.3 is 0 Å². The molecule has 0 unspecified atom stereocenters. The Bertz CT molecular complexity index is 1990. The van der Waals surface area contributed by atoms with Crippen LogP contribution in [0.4, 0.5) is 34.4 Å². The summed E-state index contributed by atoms with van der Waals surface area (Å²) >= 11 is 0. The highest BCUT2D eigenvalue weighted by Gasteiger charge is 2.25. The summed E-state index contributed by atoms with van der Waals surface area (Å²) in [4.78, 5) is 23.7. The zero-order valence-electron chi connectivity index (χ0n) is 30.1. The lowest BCUT2D eigenvalue weighted by molar-refractivity contribution is 0.811. The number of fused-ring (bicyclic) bond motifs is 4. The Balaban J connectivity index is 0.000000348. The molecule has 9 nitrogen and oxygen atoms in total. The van der Waals surface area contributed by atoms with Gasteiger partial charge in [0.2, 0.25) is 0 Å². The van der Waals surface area contributed by atoms with E-state index < -0.39 is 0 Å². The van der Waals surface area contributed by atoms with Crippen molar-refractivity contribution >= 4 is 95.4 Å². The minimum atomic E-state index is 0. The molecule has 0 spiro atoms. The number of halogens is 4. The molecule has 0 aliphatic carbocycles. The molecule has 8 rings (SSSR count). The van der Waals surface area contributed by atoms with Crippen LogP contribution in [0.15, 0.2) is 156 Å². The van der Waals surface area contributed by atoms with Gasteiger partial charge in [0.05, 0.1) is 22.8 Å². The largest absolute Gasteiger partial charge is 0.412 e. The van der Waals surface area contributed by atoms with Crippen LogP contribution in [0.25, 0.3) is 0 Å². The highest BCUT2D eigenvalue weighted by atomic mass is 35.5. The zero-order chi connectivity index (χ0) is 34.1. The summed E-state index contributed by atoms with van der Waals surface area (Å²) < 4.78 is 0. The first kappa shape index (κ1) is 46.3. The van der Waals surface area contributed by atoms with Crippen molar-refractivity contribution in [2.24, 2.45) is 21.5 Å². The fourth-order valence-electron chi connectivity index (χ4n) is 6.36. The van der Waals surface area contributed by atoms with Crippen LogP contribution in [-0.4, -0.2) is 53.0 Å². The van der Waals surface area contributed by atoms with Gasteiger partial charge in [0.15, 0.2) is 11.6 Å². The first-order valence-electron chi connectivity index (χ1n) is 17.1. The van der Waals surface area contributed by atoms with Gasteiger partial charge in [-0.25, -0.2) is 20.0 Å². The van der Waals surface area contributed by atoms with E-state index in [4.69, 9.17) is 21.5 Å². The van der Waals surface area contributed by atoms with Crippen LogP contribution in [0.1, 0.15) is 35.1 Å². The lowest BCUT2D eigenvalue weighted by Gasteiger charge is -2.25. The Morgan fingerprint density at radius 3 is 1.18 bits per heavy atom. The van der Waals surface area contributed by atoms with Gasteiger partial charge in [-0.3, -0.25) is 0 Å². The maximum Gasteiger partial charge on any atom is 0.159 e. The number of nitrogens with zero attached hydrogens (tertiary/aromatic N) is 6. The van der Waals surface area contributed by atoms with Crippen molar-refractivity contribution < 1.29 is 5.48 Å². The Kier molecular flexibility index (Phi) is 19.0. The third-order valence-electron chi connectivity index (χ3n) is 8.67. The number of aliphatic imine (C=N–C) groups is 2. The minimum absolute atomic E-state index is 0. The number of aromatic nitrogens is 2. The van der Waals surface area contributed by atoms with Crippen LogP contribution >= 0.6 is 49.6 Å². The number of nitrogens with two attached hydrogens (primary N) is 2. The summed E-state index contributed by atoms with van der Waals surface area (Å²) in [7, 11) is 0. The van der Waals surface area contributed by atoms with Gasteiger partial charge in [0.25, 0.3) is 0 Å². The summed E-state index contributed by atoms with van der Waals surface area (Å²) in [5, 5.41) is 0. The van der Waals surface area contributed by atoms with Crippen LogP contribution in [0.2, 0.25) is 0 Å². The van der Waals surface area contributed by atoms with Gasteiger partial charge in [-0.2, -0.15) is 0 Å². The second-order valence-electron chi connectivity index (χ2n) is 12.0. The van der Waals surface area contributed by atoms with Crippen LogP contribution < -0.4 is 21.3 Å². The van der Waals surface area contributed by atoms with Crippen molar-refractivity contribution in [3.05, 3.63) is 168 Å². The zero-order valence-corrected chi connectivity index (χ0v) is 33.3. The van der Waals surface area contributed by atoms with Crippen LogP contribution in [0.3, 0.4) is 0 Å². The van der Waals surface area contributed by atoms with Gasteiger partial charge in [0, 0.05) is 47.7 Å². The SMILES string of the molecule is Cl.Cl.Cl.Cl.NCCCN1c2ccccc2C(c2ccccc2)=Nc2cccnc21.NCCCN1c2ccccc2C(c2ccccc2)=Nc2cccnc21.O. The molecule has 0 saturated heterocycles. The van der Waals surface area contributed by atoms with Crippen LogP contribution in [-0.2, 0) is 0 Å². The summed E-state index contributed by atoms with van der Waals surface area (Å²) in [5.41, 5.74) is 21.9. The molecule has 6 aromatic rings. The number of hydrogen-bond donors (Lipinski definition) is 2. The standard InChI is InChI=1S/2C21H20N4.4ClH.H2O/c2*22-13-7-15-25-19-12-5-4-10-17(19)20(16-8-2-1-3-9-16)24-18-11-6-14-23-21(18)25;;;;;/h2*1-6,8-12,14H,7,13,15,22H2;4*1H;1H2. The highest BCUT2D eigenvalue weighted by molar-refractivity contribution is 6.19. The normalized spacial score (nSPS) is 11.7. The van der Waals surface area contributed by atoms with Gasteiger partial charge in [0.1, 0.15) is 11.4 Å². The predicted molar refractivity (Wildman–Crippen MR) is 239 cm³/mol. The summed E-state index contributed by atoms with van der Waals surface area (Å²) in [6.07, 6.45) is 5.43. The Hall–Kier alpha value is -4.84. The van der Waals surface area contributed by atoms with Gasteiger partial charge in [-0.1, -0.05) is 97.1 Å². The molecule has 55 heavy (non-hydrogen) atoms. The third kappa shape index (κ3) is 10.3. The number of hydrogen-bond acceptors (Lipinski definition) is 8. The molecule has 0 amide bonds. The predicted octanol–water partition coefficient (Wildman–Crippen LogP) is 8.96. The van der Waals surface area contributed by atoms with Crippen molar-refractivity contribution in [3.8, 4) is 0 Å². The average Bonchev–Trinajstić information content (AvgIpc) is 3.42. The quantitative estimate of drug-likeness (QED) is 0.157. The molecule has 2 aromatic heterocycles. The average molecular weight is 821 g/mol. The molecule has 2 aliphatic rings. The lowest BCUT2D eigenvalue weighted by atomic mass is 10.00. The molecule has 4 heterocycles. The van der Waals surface area contributed by atoms with Crippen LogP contribution in [0.5, 0.6) is 0 Å². The monoisotopic (exact) mass is 818 g/mol. The topological polar surface area (TPSA) is 141 Å².